The molecule has 0 spiro atoms. The summed E-state index contributed by atoms with van der Waals surface area (Å²) in [6, 6.07) is 0. The minimum absolute atomic E-state index is 0.0394. The van der Waals surface area contributed by atoms with E-state index in [2.05, 4.69) is 15.9 Å². The Kier molecular flexibility index (Phi) is 1.90. The summed E-state index contributed by atoms with van der Waals surface area (Å²) in [6.07, 6.45) is 3.75. The van der Waals surface area contributed by atoms with E-state index in [-0.39, 0.29) is 16.9 Å². The van der Waals surface area contributed by atoms with Crippen LogP contribution in [0.2, 0.25) is 0 Å². The highest BCUT2D eigenvalue weighted by Gasteiger charge is 2.23. The van der Waals surface area contributed by atoms with Crippen molar-refractivity contribution in [2.45, 2.75) is 17.9 Å². The fourth-order valence-electron chi connectivity index (χ4n) is 0.582. The van der Waals surface area contributed by atoms with E-state index < -0.39 is 0 Å². The van der Waals surface area contributed by atoms with Crippen LogP contribution >= 0.6 is 15.9 Å². The predicted molar refractivity (Wildman–Crippen MR) is 37.4 cm³/mol. The van der Waals surface area contributed by atoms with Crippen molar-refractivity contribution in [2.75, 3.05) is 0 Å². The summed E-state index contributed by atoms with van der Waals surface area (Å²) in [5.41, 5.74) is 0. The van der Waals surface area contributed by atoms with E-state index in [1.807, 2.05) is 12.2 Å². The Hall–Kier alpha value is -0.310. The molecule has 0 radical (unpaired) electrons. The van der Waals surface area contributed by atoms with Crippen molar-refractivity contribution in [2.24, 2.45) is 0 Å². The second-order valence-electron chi connectivity index (χ2n) is 1.90. The molecular formula is C6H7BrO2. The molecule has 2 nitrogen and oxygen atoms in total. The van der Waals surface area contributed by atoms with Crippen LogP contribution in [-0.2, 0) is 9.53 Å². The number of carbonyl (C=O) groups is 1. The molecule has 0 bridgehead atoms. The zero-order chi connectivity index (χ0) is 6.85. The van der Waals surface area contributed by atoms with Gasteiger partial charge >= 0.3 is 5.97 Å². The maximum Gasteiger partial charge on any atom is 0.303 e. The average Bonchev–Trinajstić information content (AvgIpc) is 1.79. The number of alkyl halides is 1. The maximum absolute atomic E-state index is 10.3. The number of hydrogen-bond donors (Lipinski definition) is 0. The predicted octanol–water partition coefficient (Wildman–Crippen LogP) is 1.25. The van der Waals surface area contributed by atoms with E-state index in [1.54, 1.807) is 0 Å². The van der Waals surface area contributed by atoms with Gasteiger partial charge in [0.1, 0.15) is 6.10 Å². The number of ether oxygens (including phenoxy) is 1. The molecule has 0 N–H and O–H groups in total. The topological polar surface area (TPSA) is 26.3 Å². The van der Waals surface area contributed by atoms with Gasteiger partial charge in [-0.3, -0.25) is 4.79 Å². The smallest absolute Gasteiger partial charge is 0.303 e. The zero-order valence-electron chi connectivity index (χ0n) is 5.00. The van der Waals surface area contributed by atoms with Crippen LogP contribution in [0.5, 0.6) is 0 Å². The molecule has 0 fully saturated rings. The van der Waals surface area contributed by atoms with Crippen LogP contribution in [0.25, 0.3) is 0 Å². The lowest BCUT2D eigenvalue weighted by Crippen LogP contribution is -2.29. The summed E-state index contributed by atoms with van der Waals surface area (Å²) in [7, 11) is 0. The molecule has 0 heterocycles. The Balaban J connectivity index is 2.31. The van der Waals surface area contributed by atoms with E-state index in [4.69, 9.17) is 4.74 Å². The van der Waals surface area contributed by atoms with Gasteiger partial charge in [0, 0.05) is 6.92 Å². The Morgan fingerprint density at radius 3 is 2.44 bits per heavy atom. The number of carbonyl (C=O) groups excluding carboxylic acids is 1. The monoisotopic (exact) mass is 190 g/mol. The molecule has 1 rings (SSSR count). The molecule has 50 valence electrons. The fraction of sp³-hybridized carbons (Fsp3) is 0.500. The molecule has 0 aliphatic heterocycles. The summed E-state index contributed by atoms with van der Waals surface area (Å²) in [5, 5.41) is 0. The number of esters is 1. The van der Waals surface area contributed by atoms with Gasteiger partial charge in [-0.1, -0.05) is 22.0 Å². The Labute approximate surface area is 62.0 Å². The fourth-order valence-corrected chi connectivity index (χ4v) is 1.04. The van der Waals surface area contributed by atoms with Crippen LogP contribution in [0.4, 0.5) is 0 Å². The van der Waals surface area contributed by atoms with Crippen molar-refractivity contribution in [1.29, 1.82) is 0 Å². The van der Waals surface area contributed by atoms with Gasteiger partial charge in [-0.05, 0) is 6.08 Å². The lowest BCUT2D eigenvalue weighted by atomic mass is 10.1. The second-order valence-corrected chi connectivity index (χ2v) is 2.96. The molecule has 2 atom stereocenters. The minimum Gasteiger partial charge on any atom is -0.457 e. The Morgan fingerprint density at radius 1 is 1.67 bits per heavy atom. The molecular weight excluding hydrogens is 184 g/mol. The Morgan fingerprint density at radius 2 is 2.33 bits per heavy atom. The van der Waals surface area contributed by atoms with E-state index in [1.165, 1.54) is 6.92 Å². The minimum atomic E-state index is -0.228. The van der Waals surface area contributed by atoms with Gasteiger partial charge in [-0.2, -0.15) is 0 Å². The third kappa shape index (κ3) is 1.55. The van der Waals surface area contributed by atoms with Crippen LogP contribution in [0, 0.1) is 0 Å². The largest absolute Gasteiger partial charge is 0.457 e. The SMILES string of the molecule is CC(=O)OC1C=CC1Br. The first-order chi connectivity index (χ1) is 4.20. The van der Waals surface area contributed by atoms with Crippen molar-refractivity contribution in [3.05, 3.63) is 12.2 Å². The van der Waals surface area contributed by atoms with Gasteiger partial charge in [0.15, 0.2) is 0 Å². The second kappa shape index (κ2) is 2.52. The van der Waals surface area contributed by atoms with Gasteiger partial charge in [-0.25, -0.2) is 0 Å². The molecule has 1 aliphatic rings. The number of hydrogen-bond acceptors (Lipinski definition) is 2. The van der Waals surface area contributed by atoms with Crippen molar-refractivity contribution < 1.29 is 9.53 Å². The first-order valence-corrected chi connectivity index (χ1v) is 3.61. The third-order valence-corrected chi connectivity index (χ3v) is 1.93. The molecule has 0 aromatic heterocycles. The molecule has 9 heavy (non-hydrogen) atoms. The third-order valence-electron chi connectivity index (χ3n) is 1.10. The summed E-state index contributed by atoms with van der Waals surface area (Å²) in [4.78, 5) is 10.5. The summed E-state index contributed by atoms with van der Waals surface area (Å²) >= 11 is 3.29. The highest BCUT2D eigenvalue weighted by Crippen LogP contribution is 2.21. The summed E-state index contributed by atoms with van der Waals surface area (Å²) in [6.45, 7) is 1.41. The molecule has 0 saturated heterocycles. The number of rotatable bonds is 1. The highest BCUT2D eigenvalue weighted by atomic mass is 79.9. The van der Waals surface area contributed by atoms with Gasteiger partial charge in [-0.15, -0.1) is 0 Å². The van der Waals surface area contributed by atoms with Crippen molar-refractivity contribution in [1.82, 2.24) is 0 Å². The molecule has 1 aliphatic carbocycles. The van der Waals surface area contributed by atoms with E-state index >= 15 is 0 Å². The molecule has 0 aromatic carbocycles. The van der Waals surface area contributed by atoms with Gasteiger partial charge in [0.05, 0.1) is 4.83 Å². The van der Waals surface area contributed by atoms with Crippen LogP contribution in [0.3, 0.4) is 0 Å². The van der Waals surface area contributed by atoms with E-state index in [0.717, 1.165) is 0 Å². The van der Waals surface area contributed by atoms with Gasteiger partial charge in [0.2, 0.25) is 0 Å². The standard InChI is InChI=1S/C6H7BrO2/c1-4(8)9-6-3-2-5(6)7/h2-3,5-6H,1H3. The maximum atomic E-state index is 10.3. The zero-order valence-corrected chi connectivity index (χ0v) is 6.59. The van der Waals surface area contributed by atoms with Gasteiger partial charge < -0.3 is 4.74 Å². The van der Waals surface area contributed by atoms with E-state index in [0.29, 0.717) is 0 Å². The summed E-state index contributed by atoms with van der Waals surface area (Å²) < 4.78 is 4.83. The quantitative estimate of drug-likeness (QED) is 0.354. The molecule has 2 unspecified atom stereocenters. The first-order valence-electron chi connectivity index (χ1n) is 2.70. The molecule has 0 amide bonds. The lowest BCUT2D eigenvalue weighted by molar-refractivity contribution is -0.144. The number of halogens is 1. The van der Waals surface area contributed by atoms with E-state index in [9.17, 15) is 4.79 Å². The van der Waals surface area contributed by atoms with Crippen LogP contribution in [0.1, 0.15) is 6.92 Å². The highest BCUT2D eigenvalue weighted by molar-refractivity contribution is 9.09. The van der Waals surface area contributed by atoms with Crippen LogP contribution in [-0.4, -0.2) is 16.9 Å². The van der Waals surface area contributed by atoms with Crippen molar-refractivity contribution in [3.8, 4) is 0 Å². The Bertz CT molecular complexity index is 153. The molecule has 3 heteroatoms. The molecule has 0 aromatic rings. The van der Waals surface area contributed by atoms with Crippen molar-refractivity contribution >= 4 is 21.9 Å². The lowest BCUT2D eigenvalue weighted by Gasteiger charge is -2.23. The molecule has 0 saturated carbocycles. The van der Waals surface area contributed by atoms with Gasteiger partial charge in [0.25, 0.3) is 0 Å². The first kappa shape index (κ1) is 6.81. The average molecular weight is 191 g/mol. The summed E-state index contributed by atoms with van der Waals surface area (Å²) in [5.74, 6) is -0.228. The van der Waals surface area contributed by atoms with Crippen molar-refractivity contribution in [3.63, 3.8) is 0 Å². The van der Waals surface area contributed by atoms with Crippen LogP contribution in [0.15, 0.2) is 12.2 Å². The normalized spacial score (nSPS) is 31.3. The van der Waals surface area contributed by atoms with Crippen LogP contribution < -0.4 is 0 Å².